The van der Waals surface area contributed by atoms with Gasteiger partial charge in [0, 0.05) is 78.7 Å². The molecule has 2 aromatic heterocycles. The topological polar surface area (TPSA) is 38.9 Å². The number of benzene rings is 3. The Hall–Kier alpha value is -3.38. The zero-order valence-corrected chi connectivity index (χ0v) is 21.4. The average Bonchev–Trinajstić information content (AvgIpc) is 3.58. The van der Waals surface area contributed by atoms with Gasteiger partial charge in [-0.3, -0.25) is 4.90 Å². The van der Waals surface area contributed by atoms with Crippen LogP contribution in [0.25, 0.3) is 22.8 Å². The maximum atomic E-state index is 6.54. The highest BCUT2D eigenvalue weighted by Crippen LogP contribution is 2.23. The molecule has 3 aromatic carbocycles. The van der Waals surface area contributed by atoms with Crippen molar-refractivity contribution in [3.8, 4) is 22.8 Å². The van der Waals surface area contributed by atoms with E-state index < -0.39 is 0 Å². The van der Waals surface area contributed by atoms with E-state index in [-0.39, 0.29) is 0 Å². The maximum Gasteiger partial charge on any atom is 0.139 e. The first-order chi connectivity index (χ1) is 17.7. The lowest BCUT2D eigenvalue weighted by molar-refractivity contribution is 0.245. The monoisotopic (exact) mass is 515 g/mol. The van der Waals surface area contributed by atoms with E-state index in [2.05, 4.69) is 48.3 Å². The van der Waals surface area contributed by atoms with E-state index >= 15 is 0 Å². The fraction of sp³-hybridized carbons (Fsp3) is 0.172. The molecule has 36 heavy (non-hydrogen) atoms. The van der Waals surface area contributed by atoms with Gasteiger partial charge < -0.3 is 9.13 Å². The molecule has 0 atom stereocenters. The lowest BCUT2D eigenvalue weighted by Gasteiger charge is -2.24. The third-order valence-corrected chi connectivity index (χ3v) is 6.81. The summed E-state index contributed by atoms with van der Waals surface area (Å²) in [5, 5.41) is 1.33. The smallest absolute Gasteiger partial charge is 0.139 e. The van der Waals surface area contributed by atoms with Crippen LogP contribution in [0.5, 0.6) is 0 Å². The van der Waals surface area contributed by atoms with Crippen LogP contribution in [0.4, 0.5) is 0 Å². The van der Waals surface area contributed by atoms with Crippen LogP contribution in [0, 0.1) is 0 Å². The molecule has 5 nitrogen and oxygen atoms in total. The van der Waals surface area contributed by atoms with Gasteiger partial charge in [-0.2, -0.15) is 0 Å². The van der Waals surface area contributed by atoms with Gasteiger partial charge in [0.15, 0.2) is 0 Å². The minimum absolute atomic E-state index is 0.645. The van der Waals surface area contributed by atoms with Gasteiger partial charge in [-0.05, 0) is 17.7 Å². The van der Waals surface area contributed by atoms with Gasteiger partial charge in [-0.15, -0.1) is 0 Å². The van der Waals surface area contributed by atoms with Crippen molar-refractivity contribution in [2.75, 3.05) is 13.1 Å². The largest absolute Gasteiger partial charge is 0.330 e. The maximum absolute atomic E-state index is 6.54. The van der Waals surface area contributed by atoms with E-state index in [4.69, 9.17) is 23.2 Å². The summed E-state index contributed by atoms with van der Waals surface area (Å²) < 4.78 is 4.41. The average molecular weight is 516 g/mol. The van der Waals surface area contributed by atoms with E-state index in [1.165, 1.54) is 0 Å². The molecule has 0 amide bonds. The van der Waals surface area contributed by atoms with Gasteiger partial charge in [0.1, 0.15) is 11.6 Å². The fourth-order valence-corrected chi connectivity index (χ4v) is 4.80. The number of nitrogens with zero attached hydrogens (tertiary/aromatic N) is 5. The summed E-state index contributed by atoms with van der Waals surface area (Å²) in [5.41, 5.74) is 3.28. The third kappa shape index (κ3) is 5.88. The summed E-state index contributed by atoms with van der Waals surface area (Å²) in [7, 11) is 0. The highest BCUT2D eigenvalue weighted by atomic mass is 35.5. The molecule has 0 fully saturated rings. The molecule has 0 bridgehead atoms. The fourth-order valence-electron chi connectivity index (χ4n) is 4.33. The van der Waals surface area contributed by atoms with Crippen molar-refractivity contribution in [1.82, 2.24) is 24.0 Å². The Morgan fingerprint density at radius 3 is 1.69 bits per heavy atom. The van der Waals surface area contributed by atoms with Crippen LogP contribution < -0.4 is 0 Å². The predicted molar refractivity (Wildman–Crippen MR) is 147 cm³/mol. The molecule has 0 unspecified atom stereocenters. The second-order valence-electron chi connectivity index (χ2n) is 8.63. The number of imidazole rings is 2. The van der Waals surface area contributed by atoms with Crippen LogP contribution in [0.2, 0.25) is 10.0 Å². The quantitative estimate of drug-likeness (QED) is 0.202. The molecule has 0 N–H and O–H groups in total. The normalized spacial score (nSPS) is 11.3. The van der Waals surface area contributed by atoms with Crippen molar-refractivity contribution in [1.29, 1.82) is 0 Å². The number of hydrogen-bond acceptors (Lipinski definition) is 3. The molecule has 0 saturated heterocycles. The zero-order chi connectivity index (χ0) is 24.7. The minimum Gasteiger partial charge on any atom is -0.330 e. The van der Waals surface area contributed by atoms with Gasteiger partial charge in [-0.1, -0.05) is 89.9 Å². The molecular formula is C29H27Cl2N5. The molecule has 0 aliphatic carbocycles. The zero-order valence-electron chi connectivity index (χ0n) is 19.8. The molecule has 2 heterocycles. The van der Waals surface area contributed by atoms with Gasteiger partial charge in [-0.25, -0.2) is 9.97 Å². The number of hydrogen-bond donors (Lipinski definition) is 0. The molecule has 0 aliphatic rings. The van der Waals surface area contributed by atoms with Crippen molar-refractivity contribution < 1.29 is 0 Å². The van der Waals surface area contributed by atoms with Gasteiger partial charge in [0.25, 0.3) is 0 Å². The lowest BCUT2D eigenvalue weighted by Crippen LogP contribution is -2.30. The SMILES string of the molecule is Clc1ccc(CN(CCn2ccnc2-c2ccccc2)CCn2ccnc2-c2ccccc2)c(Cl)c1. The molecule has 182 valence electrons. The molecule has 0 radical (unpaired) electrons. The van der Waals surface area contributed by atoms with Crippen LogP contribution in [-0.2, 0) is 19.6 Å². The van der Waals surface area contributed by atoms with Crippen LogP contribution in [-0.4, -0.2) is 37.1 Å². The van der Waals surface area contributed by atoms with E-state index in [1.807, 2.05) is 79.4 Å². The Morgan fingerprint density at radius 1 is 0.667 bits per heavy atom. The Balaban J connectivity index is 1.34. The summed E-state index contributed by atoms with van der Waals surface area (Å²) in [6.07, 6.45) is 7.80. The summed E-state index contributed by atoms with van der Waals surface area (Å²) in [4.78, 5) is 11.6. The van der Waals surface area contributed by atoms with E-state index in [0.717, 1.165) is 61.1 Å². The second-order valence-corrected chi connectivity index (χ2v) is 9.48. The number of halogens is 2. The van der Waals surface area contributed by atoms with E-state index in [9.17, 15) is 0 Å². The van der Waals surface area contributed by atoms with Crippen LogP contribution >= 0.6 is 23.2 Å². The first kappa shape index (κ1) is 24.3. The summed E-state index contributed by atoms with van der Waals surface area (Å²) in [5.74, 6) is 1.95. The Bertz CT molecular complexity index is 1310. The Morgan fingerprint density at radius 2 is 1.19 bits per heavy atom. The van der Waals surface area contributed by atoms with Crippen molar-refractivity contribution >= 4 is 23.2 Å². The summed E-state index contributed by atoms with van der Waals surface area (Å²) >= 11 is 12.7. The summed E-state index contributed by atoms with van der Waals surface area (Å²) in [6, 6.07) is 26.3. The predicted octanol–water partition coefficient (Wildman–Crippen LogP) is 6.92. The van der Waals surface area contributed by atoms with E-state index in [0.29, 0.717) is 10.0 Å². The molecule has 5 aromatic rings. The summed E-state index contributed by atoms with van der Waals surface area (Å²) in [6.45, 7) is 4.02. The molecule has 0 aliphatic heterocycles. The number of aromatic nitrogens is 4. The van der Waals surface area contributed by atoms with Crippen molar-refractivity contribution in [2.24, 2.45) is 0 Å². The molecule has 0 spiro atoms. The van der Waals surface area contributed by atoms with Crippen molar-refractivity contribution in [3.05, 3.63) is 119 Å². The number of rotatable bonds is 10. The Labute approximate surface area is 221 Å². The van der Waals surface area contributed by atoms with Gasteiger partial charge in [0.2, 0.25) is 0 Å². The van der Waals surface area contributed by atoms with Gasteiger partial charge in [0.05, 0.1) is 0 Å². The minimum atomic E-state index is 0.645. The second kappa shape index (κ2) is 11.6. The van der Waals surface area contributed by atoms with Crippen molar-refractivity contribution in [3.63, 3.8) is 0 Å². The van der Waals surface area contributed by atoms with E-state index in [1.54, 1.807) is 0 Å². The lowest BCUT2D eigenvalue weighted by atomic mass is 10.2. The van der Waals surface area contributed by atoms with Crippen LogP contribution in [0.3, 0.4) is 0 Å². The highest BCUT2D eigenvalue weighted by molar-refractivity contribution is 6.35. The highest BCUT2D eigenvalue weighted by Gasteiger charge is 2.13. The standard InChI is InChI=1S/C29H27Cl2N5/c30-26-12-11-25(27(31)21-26)22-34(17-19-35-15-13-32-28(35)23-7-3-1-4-8-23)18-20-36-16-14-33-29(36)24-9-5-2-6-10-24/h1-16,21H,17-20,22H2. The third-order valence-electron chi connectivity index (χ3n) is 6.22. The molecular weight excluding hydrogens is 489 g/mol. The van der Waals surface area contributed by atoms with Crippen LogP contribution in [0.15, 0.2) is 104 Å². The Kier molecular flexibility index (Phi) is 7.82. The van der Waals surface area contributed by atoms with Crippen molar-refractivity contribution in [2.45, 2.75) is 19.6 Å². The van der Waals surface area contributed by atoms with Crippen LogP contribution in [0.1, 0.15) is 5.56 Å². The molecule has 7 heteroatoms. The molecule has 0 saturated carbocycles. The first-order valence-corrected chi connectivity index (χ1v) is 12.7. The first-order valence-electron chi connectivity index (χ1n) is 12.0. The van der Waals surface area contributed by atoms with Gasteiger partial charge >= 0.3 is 0 Å². The molecule has 5 rings (SSSR count).